The molecule has 0 aliphatic heterocycles. The van der Waals surface area contributed by atoms with E-state index in [9.17, 15) is 9.18 Å². The molecule has 0 saturated heterocycles. The number of nitrogens with zero attached hydrogens (tertiary/aromatic N) is 1. The standard InChI is InChI=1S/C15H12FN3O/c1-9-2-4-12(14(18)6-9)15(20)19-11-3-5-13(16)10(7-11)8-17/h2-7H,18H2,1H3,(H,19,20). The lowest BCUT2D eigenvalue weighted by Crippen LogP contribution is -2.14. The first-order valence-corrected chi connectivity index (χ1v) is 5.88. The van der Waals surface area contributed by atoms with Gasteiger partial charge in [-0.05, 0) is 42.8 Å². The molecule has 0 saturated carbocycles. The van der Waals surface area contributed by atoms with Crippen molar-refractivity contribution in [3.63, 3.8) is 0 Å². The Labute approximate surface area is 115 Å². The van der Waals surface area contributed by atoms with Crippen molar-refractivity contribution in [2.24, 2.45) is 0 Å². The van der Waals surface area contributed by atoms with E-state index in [0.717, 1.165) is 11.6 Å². The van der Waals surface area contributed by atoms with Crippen molar-refractivity contribution in [1.82, 2.24) is 0 Å². The van der Waals surface area contributed by atoms with E-state index < -0.39 is 11.7 Å². The molecule has 0 fully saturated rings. The minimum absolute atomic E-state index is 0.125. The Morgan fingerprint density at radius 3 is 2.70 bits per heavy atom. The summed E-state index contributed by atoms with van der Waals surface area (Å²) in [5.41, 5.74) is 7.65. The Kier molecular flexibility index (Phi) is 3.67. The van der Waals surface area contributed by atoms with E-state index in [1.54, 1.807) is 24.3 Å². The molecule has 2 rings (SSSR count). The summed E-state index contributed by atoms with van der Waals surface area (Å²) in [7, 11) is 0. The van der Waals surface area contributed by atoms with Gasteiger partial charge in [-0.3, -0.25) is 4.79 Å². The third kappa shape index (κ3) is 2.75. The molecule has 1 amide bonds. The molecule has 0 atom stereocenters. The van der Waals surface area contributed by atoms with Gasteiger partial charge in [0.1, 0.15) is 11.9 Å². The van der Waals surface area contributed by atoms with Gasteiger partial charge >= 0.3 is 0 Å². The zero-order chi connectivity index (χ0) is 14.7. The fraction of sp³-hybridized carbons (Fsp3) is 0.0667. The number of aryl methyl sites for hydroxylation is 1. The van der Waals surface area contributed by atoms with E-state index in [2.05, 4.69) is 5.32 Å². The third-order valence-corrected chi connectivity index (χ3v) is 2.80. The number of halogens is 1. The Balaban J connectivity index is 2.26. The molecular weight excluding hydrogens is 257 g/mol. The van der Waals surface area contributed by atoms with Crippen LogP contribution >= 0.6 is 0 Å². The first-order valence-electron chi connectivity index (χ1n) is 5.88. The summed E-state index contributed by atoms with van der Waals surface area (Å²) in [5, 5.41) is 11.3. The molecule has 0 bridgehead atoms. The highest BCUT2D eigenvalue weighted by molar-refractivity contribution is 6.07. The number of rotatable bonds is 2. The Bertz CT molecular complexity index is 720. The van der Waals surface area contributed by atoms with Crippen LogP contribution in [-0.2, 0) is 0 Å². The van der Waals surface area contributed by atoms with E-state index in [4.69, 9.17) is 11.0 Å². The number of carbonyl (C=O) groups excluding carboxylic acids is 1. The van der Waals surface area contributed by atoms with Gasteiger partial charge in [0.2, 0.25) is 0 Å². The zero-order valence-electron chi connectivity index (χ0n) is 10.8. The van der Waals surface area contributed by atoms with Gasteiger partial charge in [-0.15, -0.1) is 0 Å². The molecule has 0 aromatic heterocycles. The average molecular weight is 269 g/mol. The topological polar surface area (TPSA) is 78.9 Å². The van der Waals surface area contributed by atoms with Crippen molar-refractivity contribution in [2.75, 3.05) is 11.1 Å². The van der Waals surface area contributed by atoms with Crippen molar-refractivity contribution in [1.29, 1.82) is 5.26 Å². The molecule has 100 valence electrons. The lowest BCUT2D eigenvalue weighted by Gasteiger charge is -2.08. The van der Waals surface area contributed by atoms with Gasteiger partial charge in [-0.2, -0.15) is 5.26 Å². The molecule has 0 spiro atoms. The van der Waals surface area contributed by atoms with E-state index in [1.165, 1.54) is 12.1 Å². The van der Waals surface area contributed by atoms with Crippen molar-refractivity contribution in [2.45, 2.75) is 6.92 Å². The molecule has 2 aromatic rings. The highest BCUT2D eigenvalue weighted by Crippen LogP contribution is 2.18. The minimum atomic E-state index is -0.625. The normalized spacial score (nSPS) is 9.85. The monoisotopic (exact) mass is 269 g/mol. The molecule has 3 N–H and O–H groups in total. The number of anilines is 2. The second-order valence-corrected chi connectivity index (χ2v) is 4.35. The number of nitrogens with one attached hydrogen (secondary N) is 1. The van der Waals surface area contributed by atoms with Crippen LogP contribution in [0.1, 0.15) is 21.5 Å². The number of nitrogen functional groups attached to an aromatic ring is 1. The number of carbonyl (C=O) groups is 1. The van der Waals surface area contributed by atoms with Crippen LogP contribution in [0.4, 0.5) is 15.8 Å². The van der Waals surface area contributed by atoms with Crippen LogP contribution in [0.15, 0.2) is 36.4 Å². The first-order chi connectivity index (χ1) is 9.51. The molecule has 0 aliphatic carbocycles. The summed E-state index contributed by atoms with van der Waals surface area (Å²) in [6, 6.07) is 10.6. The van der Waals surface area contributed by atoms with Crippen LogP contribution in [0.5, 0.6) is 0 Å². The van der Waals surface area contributed by atoms with E-state index in [1.807, 2.05) is 6.92 Å². The van der Waals surface area contributed by atoms with Gasteiger partial charge in [0, 0.05) is 11.4 Å². The number of hydrogen-bond donors (Lipinski definition) is 2. The Morgan fingerprint density at radius 1 is 1.30 bits per heavy atom. The summed E-state index contributed by atoms with van der Waals surface area (Å²) in [6.07, 6.45) is 0. The van der Waals surface area contributed by atoms with Gasteiger partial charge in [-0.25, -0.2) is 4.39 Å². The maximum absolute atomic E-state index is 13.2. The lowest BCUT2D eigenvalue weighted by atomic mass is 10.1. The summed E-state index contributed by atoms with van der Waals surface area (Å²) >= 11 is 0. The zero-order valence-corrected chi connectivity index (χ0v) is 10.8. The number of nitrogens with two attached hydrogens (primary N) is 1. The van der Waals surface area contributed by atoms with E-state index in [-0.39, 0.29) is 5.56 Å². The second kappa shape index (κ2) is 5.41. The molecule has 0 aliphatic rings. The van der Waals surface area contributed by atoms with Crippen LogP contribution < -0.4 is 11.1 Å². The minimum Gasteiger partial charge on any atom is -0.398 e. The van der Waals surface area contributed by atoms with Gasteiger partial charge < -0.3 is 11.1 Å². The van der Waals surface area contributed by atoms with Crippen molar-refractivity contribution < 1.29 is 9.18 Å². The molecule has 0 radical (unpaired) electrons. The molecule has 0 unspecified atom stereocenters. The van der Waals surface area contributed by atoms with E-state index in [0.29, 0.717) is 16.9 Å². The average Bonchev–Trinajstić information content (AvgIpc) is 2.40. The molecule has 2 aromatic carbocycles. The van der Waals surface area contributed by atoms with Crippen LogP contribution in [0.25, 0.3) is 0 Å². The van der Waals surface area contributed by atoms with Crippen LogP contribution in [0.3, 0.4) is 0 Å². The molecule has 4 nitrogen and oxygen atoms in total. The number of nitriles is 1. The maximum Gasteiger partial charge on any atom is 0.257 e. The van der Waals surface area contributed by atoms with Crippen LogP contribution in [0, 0.1) is 24.1 Å². The first kappa shape index (κ1) is 13.6. The number of benzene rings is 2. The Hall–Kier alpha value is -2.87. The Morgan fingerprint density at radius 2 is 2.05 bits per heavy atom. The fourth-order valence-electron chi connectivity index (χ4n) is 1.78. The lowest BCUT2D eigenvalue weighted by molar-refractivity contribution is 0.102. The summed E-state index contributed by atoms with van der Waals surface area (Å²) in [4.78, 5) is 12.1. The third-order valence-electron chi connectivity index (χ3n) is 2.80. The summed E-state index contributed by atoms with van der Waals surface area (Å²) < 4.78 is 13.2. The fourth-order valence-corrected chi connectivity index (χ4v) is 1.78. The summed E-state index contributed by atoms with van der Waals surface area (Å²) in [6.45, 7) is 1.87. The van der Waals surface area contributed by atoms with Gasteiger partial charge in [0.05, 0.1) is 11.1 Å². The SMILES string of the molecule is Cc1ccc(C(=O)Nc2ccc(F)c(C#N)c2)c(N)c1. The highest BCUT2D eigenvalue weighted by atomic mass is 19.1. The molecule has 0 heterocycles. The quantitative estimate of drug-likeness (QED) is 0.823. The van der Waals surface area contributed by atoms with Crippen LogP contribution in [0.2, 0.25) is 0 Å². The highest BCUT2D eigenvalue weighted by Gasteiger charge is 2.11. The maximum atomic E-state index is 13.2. The molecule has 20 heavy (non-hydrogen) atoms. The van der Waals surface area contributed by atoms with Gasteiger partial charge in [0.15, 0.2) is 0 Å². The van der Waals surface area contributed by atoms with Crippen molar-refractivity contribution in [3.05, 3.63) is 58.9 Å². The van der Waals surface area contributed by atoms with E-state index >= 15 is 0 Å². The number of hydrogen-bond acceptors (Lipinski definition) is 3. The predicted octanol–water partition coefficient (Wildman–Crippen LogP) is 2.84. The molecular formula is C15H12FN3O. The largest absolute Gasteiger partial charge is 0.398 e. The summed E-state index contributed by atoms with van der Waals surface area (Å²) in [5.74, 6) is -1.03. The smallest absolute Gasteiger partial charge is 0.257 e. The number of amides is 1. The molecule has 5 heteroatoms. The predicted molar refractivity (Wildman–Crippen MR) is 74.7 cm³/mol. The van der Waals surface area contributed by atoms with Crippen molar-refractivity contribution >= 4 is 17.3 Å². The van der Waals surface area contributed by atoms with Crippen LogP contribution in [-0.4, -0.2) is 5.91 Å². The van der Waals surface area contributed by atoms with Gasteiger partial charge in [-0.1, -0.05) is 6.07 Å². The van der Waals surface area contributed by atoms with Gasteiger partial charge in [0.25, 0.3) is 5.91 Å². The van der Waals surface area contributed by atoms with Crippen molar-refractivity contribution in [3.8, 4) is 6.07 Å². The second-order valence-electron chi connectivity index (χ2n) is 4.35.